The van der Waals surface area contributed by atoms with E-state index >= 15 is 0 Å². The zero-order valence-corrected chi connectivity index (χ0v) is 15.0. The number of nitrogens with two attached hydrogens (primary N) is 1. The molecule has 4 rings (SSSR count). The molecular formula is C23H21NO3. The van der Waals surface area contributed by atoms with Crippen LogP contribution in [0.25, 0.3) is 11.1 Å². The van der Waals surface area contributed by atoms with E-state index in [4.69, 9.17) is 10.5 Å². The maximum absolute atomic E-state index is 11.4. The second-order valence-corrected chi connectivity index (χ2v) is 6.83. The number of carboxylic acid groups (broad SMARTS) is 1. The molecule has 136 valence electrons. The van der Waals surface area contributed by atoms with Gasteiger partial charge in [0.1, 0.15) is 11.6 Å². The Balaban J connectivity index is 1.98. The van der Waals surface area contributed by atoms with E-state index in [-0.39, 0.29) is 0 Å². The summed E-state index contributed by atoms with van der Waals surface area (Å²) in [6.07, 6.45) is -0.693. The molecule has 27 heavy (non-hydrogen) atoms. The lowest BCUT2D eigenvalue weighted by Crippen LogP contribution is -2.46. The quantitative estimate of drug-likeness (QED) is 0.727. The van der Waals surface area contributed by atoms with Crippen molar-refractivity contribution in [3.05, 3.63) is 95.6 Å². The average molecular weight is 359 g/mol. The molecule has 3 aromatic carbocycles. The van der Waals surface area contributed by atoms with Crippen LogP contribution in [0.3, 0.4) is 0 Å². The fourth-order valence-corrected chi connectivity index (χ4v) is 3.93. The first-order valence-corrected chi connectivity index (χ1v) is 8.97. The number of fused-ring (bicyclic) bond motifs is 3. The van der Waals surface area contributed by atoms with Gasteiger partial charge in [0, 0.05) is 11.1 Å². The van der Waals surface area contributed by atoms with E-state index in [0.29, 0.717) is 0 Å². The van der Waals surface area contributed by atoms with Crippen LogP contribution in [-0.2, 0) is 15.1 Å². The summed E-state index contributed by atoms with van der Waals surface area (Å²) < 4.78 is 6.56. The van der Waals surface area contributed by atoms with Crippen LogP contribution in [-0.4, -0.2) is 23.2 Å². The summed E-state index contributed by atoms with van der Waals surface area (Å²) in [6, 6.07) is 25.0. The van der Waals surface area contributed by atoms with Crippen molar-refractivity contribution in [1.82, 2.24) is 0 Å². The Bertz CT molecular complexity index is 938. The number of rotatable bonds is 5. The van der Waals surface area contributed by atoms with Crippen LogP contribution < -0.4 is 5.73 Å². The minimum Gasteiger partial charge on any atom is -0.480 e. The van der Waals surface area contributed by atoms with Crippen LogP contribution in [0.5, 0.6) is 0 Å². The van der Waals surface area contributed by atoms with Gasteiger partial charge < -0.3 is 15.6 Å². The van der Waals surface area contributed by atoms with Crippen LogP contribution in [0, 0.1) is 0 Å². The van der Waals surface area contributed by atoms with Crippen LogP contribution in [0.4, 0.5) is 0 Å². The molecule has 0 unspecified atom stereocenters. The normalized spacial score (nSPS) is 16.2. The Morgan fingerprint density at radius 3 is 1.89 bits per heavy atom. The molecule has 0 aliphatic heterocycles. The topological polar surface area (TPSA) is 72.5 Å². The van der Waals surface area contributed by atoms with E-state index in [1.165, 1.54) is 0 Å². The molecule has 0 radical (unpaired) electrons. The number of hydrogen-bond acceptors (Lipinski definition) is 3. The van der Waals surface area contributed by atoms with Gasteiger partial charge in [-0.1, -0.05) is 78.9 Å². The molecule has 0 fully saturated rings. The molecule has 0 spiro atoms. The molecule has 0 saturated carbocycles. The minimum atomic E-state index is -1.12. The summed E-state index contributed by atoms with van der Waals surface area (Å²) in [5.41, 5.74) is 10.1. The fraction of sp³-hybridized carbons (Fsp3) is 0.174. The van der Waals surface area contributed by atoms with E-state index in [1.54, 1.807) is 6.92 Å². The van der Waals surface area contributed by atoms with Gasteiger partial charge in [-0.25, -0.2) is 0 Å². The van der Waals surface area contributed by atoms with Crippen molar-refractivity contribution in [2.75, 3.05) is 0 Å². The molecule has 0 bridgehead atoms. The van der Waals surface area contributed by atoms with Gasteiger partial charge in [0.2, 0.25) is 0 Å². The lowest BCUT2D eigenvalue weighted by molar-refractivity contribution is -0.144. The SMILES string of the molecule is C[C@@H](OC1(c2ccccc2)c2ccccc2-c2ccccc21)[C@H](N)C(=O)O. The second kappa shape index (κ2) is 6.65. The minimum absolute atomic E-state index is 0.693. The molecule has 0 heterocycles. The van der Waals surface area contributed by atoms with E-state index in [2.05, 4.69) is 12.1 Å². The van der Waals surface area contributed by atoms with Gasteiger partial charge in [-0.2, -0.15) is 0 Å². The largest absolute Gasteiger partial charge is 0.480 e. The third-order valence-corrected chi connectivity index (χ3v) is 5.24. The van der Waals surface area contributed by atoms with Gasteiger partial charge in [-0.05, 0) is 23.6 Å². The van der Waals surface area contributed by atoms with Crippen molar-refractivity contribution >= 4 is 5.97 Å². The predicted octanol–water partition coefficient (Wildman–Crippen LogP) is 3.78. The van der Waals surface area contributed by atoms with Crippen molar-refractivity contribution in [3.8, 4) is 11.1 Å². The number of carboxylic acids is 1. The molecule has 0 saturated heterocycles. The summed E-state index contributed by atoms with van der Waals surface area (Å²) in [4.78, 5) is 11.4. The van der Waals surface area contributed by atoms with Gasteiger partial charge >= 0.3 is 5.97 Å². The predicted molar refractivity (Wildman–Crippen MR) is 104 cm³/mol. The third-order valence-electron chi connectivity index (χ3n) is 5.24. The number of aliphatic carboxylic acids is 1. The number of hydrogen-bond donors (Lipinski definition) is 2. The Morgan fingerprint density at radius 1 is 0.889 bits per heavy atom. The smallest absolute Gasteiger partial charge is 0.323 e. The summed E-state index contributed by atoms with van der Waals surface area (Å²) in [6.45, 7) is 1.72. The summed E-state index contributed by atoms with van der Waals surface area (Å²) >= 11 is 0. The Morgan fingerprint density at radius 2 is 1.37 bits per heavy atom. The van der Waals surface area contributed by atoms with Gasteiger partial charge in [0.25, 0.3) is 0 Å². The lowest BCUT2D eigenvalue weighted by Gasteiger charge is -2.36. The van der Waals surface area contributed by atoms with Gasteiger partial charge in [0.05, 0.1) is 6.10 Å². The van der Waals surface area contributed by atoms with Gasteiger partial charge in [-0.15, -0.1) is 0 Å². The highest BCUT2D eigenvalue weighted by Gasteiger charge is 2.47. The number of carbonyl (C=O) groups is 1. The Hall–Kier alpha value is -2.95. The standard InChI is InChI=1S/C23H21NO3/c1-15(21(24)22(25)26)27-23(16-9-3-2-4-10-16)19-13-7-5-11-17(19)18-12-6-8-14-20(18)23/h2-15,21H,24H2,1H3,(H,25,26)/t15-,21+/m1/s1. The van der Waals surface area contributed by atoms with Crippen molar-refractivity contribution in [2.24, 2.45) is 5.73 Å². The molecule has 4 nitrogen and oxygen atoms in total. The fourth-order valence-electron chi connectivity index (χ4n) is 3.93. The van der Waals surface area contributed by atoms with Gasteiger partial charge in [-0.3, -0.25) is 4.79 Å². The third kappa shape index (κ3) is 2.65. The first-order valence-electron chi connectivity index (χ1n) is 8.97. The van der Waals surface area contributed by atoms with Crippen LogP contribution in [0.1, 0.15) is 23.6 Å². The molecule has 4 heteroatoms. The monoisotopic (exact) mass is 359 g/mol. The van der Waals surface area contributed by atoms with E-state index < -0.39 is 23.7 Å². The Labute approximate surface area is 158 Å². The molecule has 3 N–H and O–H groups in total. The van der Waals surface area contributed by atoms with Crippen molar-refractivity contribution in [3.63, 3.8) is 0 Å². The highest BCUT2D eigenvalue weighted by Crippen LogP contribution is 2.53. The Kier molecular flexibility index (Phi) is 4.30. The average Bonchev–Trinajstić information content (AvgIpc) is 2.99. The zero-order valence-electron chi connectivity index (χ0n) is 15.0. The van der Waals surface area contributed by atoms with E-state index in [0.717, 1.165) is 27.8 Å². The molecular weight excluding hydrogens is 338 g/mol. The maximum atomic E-state index is 11.4. The summed E-state index contributed by atoms with van der Waals surface area (Å²) in [5.74, 6) is -1.08. The first-order chi connectivity index (χ1) is 13.1. The zero-order chi connectivity index (χ0) is 19.0. The van der Waals surface area contributed by atoms with Crippen molar-refractivity contribution in [2.45, 2.75) is 24.7 Å². The molecule has 1 aliphatic rings. The van der Waals surface area contributed by atoms with Crippen molar-refractivity contribution in [1.29, 1.82) is 0 Å². The lowest BCUT2D eigenvalue weighted by atomic mass is 9.83. The van der Waals surface area contributed by atoms with Crippen LogP contribution >= 0.6 is 0 Å². The maximum Gasteiger partial charge on any atom is 0.323 e. The molecule has 0 amide bonds. The van der Waals surface area contributed by atoms with Crippen LogP contribution in [0.15, 0.2) is 78.9 Å². The van der Waals surface area contributed by atoms with Gasteiger partial charge in [0.15, 0.2) is 0 Å². The van der Waals surface area contributed by atoms with E-state index in [9.17, 15) is 9.90 Å². The number of ether oxygens (including phenoxy) is 1. The molecule has 3 aromatic rings. The summed E-state index contributed by atoms with van der Waals surface area (Å²) in [7, 11) is 0. The molecule has 0 aromatic heterocycles. The van der Waals surface area contributed by atoms with Crippen molar-refractivity contribution < 1.29 is 14.6 Å². The molecule has 2 atom stereocenters. The second-order valence-electron chi connectivity index (χ2n) is 6.83. The highest BCUT2D eigenvalue weighted by atomic mass is 16.5. The highest BCUT2D eigenvalue weighted by molar-refractivity contribution is 5.82. The van der Waals surface area contributed by atoms with E-state index in [1.807, 2.05) is 66.7 Å². The van der Waals surface area contributed by atoms with Crippen LogP contribution in [0.2, 0.25) is 0 Å². The molecule has 1 aliphatic carbocycles. The first kappa shape index (κ1) is 17.5. The summed E-state index contributed by atoms with van der Waals surface area (Å²) in [5, 5.41) is 9.37. The number of benzene rings is 3.